The standard InChI is InChI=1S/C12H18N4O2S2/c1-3-13-10-11(16-6-7-19-12(16)14-10)20(17,18)15-5-4-9(2)8-15/h6-7,9,13H,3-5,8H2,1-2H3. The van der Waals surface area contributed by atoms with Gasteiger partial charge in [0, 0.05) is 31.2 Å². The lowest BCUT2D eigenvalue weighted by Gasteiger charge is -2.16. The number of thiazole rings is 1. The summed E-state index contributed by atoms with van der Waals surface area (Å²) in [5, 5.41) is 5.18. The average molecular weight is 314 g/mol. The third-order valence-electron chi connectivity index (χ3n) is 3.53. The van der Waals surface area contributed by atoms with E-state index in [-0.39, 0.29) is 5.03 Å². The van der Waals surface area contributed by atoms with Gasteiger partial charge in [-0.05, 0) is 19.3 Å². The fourth-order valence-electron chi connectivity index (χ4n) is 2.53. The van der Waals surface area contributed by atoms with E-state index < -0.39 is 10.0 Å². The smallest absolute Gasteiger partial charge is 0.262 e. The molecule has 8 heteroatoms. The molecule has 0 bridgehead atoms. The number of aromatic nitrogens is 2. The lowest BCUT2D eigenvalue weighted by molar-refractivity contribution is 0.461. The molecule has 1 atom stereocenters. The van der Waals surface area contributed by atoms with E-state index in [1.807, 2.05) is 12.3 Å². The van der Waals surface area contributed by atoms with E-state index in [0.717, 1.165) is 6.42 Å². The van der Waals surface area contributed by atoms with Gasteiger partial charge in [0.2, 0.25) is 0 Å². The van der Waals surface area contributed by atoms with E-state index >= 15 is 0 Å². The molecule has 1 unspecified atom stereocenters. The highest BCUT2D eigenvalue weighted by atomic mass is 32.2. The predicted octanol–water partition coefficient (Wildman–Crippen LogP) is 1.86. The number of sulfonamides is 1. The first-order chi connectivity index (χ1) is 9.54. The molecule has 1 N–H and O–H groups in total. The molecule has 0 aliphatic carbocycles. The van der Waals surface area contributed by atoms with Gasteiger partial charge in [-0.2, -0.15) is 4.31 Å². The molecule has 110 valence electrons. The quantitative estimate of drug-likeness (QED) is 0.935. The summed E-state index contributed by atoms with van der Waals surface area (Å²) in [5.74, 6) is 0.872. The van der Waals surface area contributed by atoms with Crippen molar-refractivity contribution in [2.45, 2.75) is 25.3 Å². The van der Waals surface area contributed by atoms with E-state index in [9.17, 15) is 8.42 Å². The zero-order valence-electron chi connectivity index (χ0n) is 11.5. The van der Waals surface area contributed by atoms with Crippen molar-refractivity contribution in [3.05, 3.63) is 11.6 Å². The van der Waals surface area contributed by atoms with Crippen molar-refractivity contribution in [2.75, 3.05) is 25.0 Å². The van der Waals surface area contributed by atoms with Gasteiger partial charge < -0.3 is 5.32 Å². The normalized spacial score (nSPS) is 20.8. The summed E-state index contributed by atoms with van der Waals surface area (Å²) in [6, 6.07) is 0. The van der Waals surface area contributed by atoms with Gasteiger partial charge in [-0.1, -0.05) is 6.92 Å². The molecule has 2 aromatic heterocycles. The fraction of sp³-hybridized carbons (Fsp3) is 0.583. The number of hydrogen-bond donors (Lipinski definition) is 1. The number of fused-ring (bicyclic) bond motifs is 1. The van der Waals surface area contributed by atoms with E-state index in [1.54, 1.807) is 14.9 Å². The Kier molecular flexibility index (Phi) is 3.47. The van der Waals surface area contributed by atoms with Crippen LogP contribution in [0.2, 0.25) is 0 Å². The third-order valence-corrected chi connectivity index (χ3v) is 6.18. The van der Waals surface area contributed by atoms with Crippen LogP contribution in [0.25, 0.3) is 4.96 Å². The van der Waals surface area contributed by atoms with Crippen molar-refractivity contribution in [3.63, 3.8) is 0 Å². The molecule has 0 amide bonds. The van der Waals surface area contributed by atoms with Gasteiger partial charge in [-0.3, -0.25) is 4.40 Å². The molecule has 0 spiro atoms. The molecule has 1 saturated heterocycles. The maximum atomic E-state index is 12.9. The largest absolute Gasteiger partial charge is 0.368 e. The third kappa shape index (κ3) is 2.11. The highest BCUT2D eigenvalue weighted by molar-refractivity contribution is 7.89. The van der Waals surface area contributed by atoms with Crippen molar-refractivity contribution < 1.29 is 8.42 Å². The van der Waals surface area contributed by atoms with Crippen molar-refractivity contribution >= 4 is 32.1 Å². The maximum absolute atomic E-state index is 12.9. The Morgan fingerprint density at radius 3 is 3.00 bits per heavy atom. The molecule has 3 heterocycles. The van der Waals surface area contributed by atoms with Gasteiger partial charge in [-0.15, -0.1) is 11.3 Å². The number of hydrogen-bond acceptors (Lipinski definition) is 5. The molecular weight excluding hydrogens is 296 g/mol. The minimum absolute atomic E-state index is 0.268. The van der Waals surface area contributed by atoms with Gasteiger partial charge in [0.05, 0.1) is 0 Å². The number of imidazole rings is 1. The summed E-state index contributed by atoms with van der Waals surface area (Å²) < 4.78 is 29.0. The van der Waals surface area contributed by atoms with Gasteiger partial charge in [0.1, 0.15) is 0 Å². The second-order valence-corrected chi connectivity index (χ2v) is 7.83. The van der Waals surface area contributed by atoms with E-state index in [2.05, 4.69) is 17.2 Å². The second-order valence-electron chi connectivity index (χ2n) is 5.11. The predicted molar refractivity (Wildman–Crippen MR) is 79.8 cm³/mol. The Morgan fingerprint density at radius 1 is 1.55 bits per heavy atom. The van der Waals surface area contributed by atoms with Gasteiger partial charge in [0.15, 0.2) is 15.8 Å². The van der Waals surface area contributed by atoms with Gasteiger partial charge in [0.25, 0.3) is 10.0 Å². The Hall–Kier alpha value is -1.12. The summed E-state index contributed by atoms with van der Waals surface area (Å²) in [6.45, 7) is 5.83. The van der Waals surface area contributed by atoms with Crippen molar-refractivity contribution in [2.24, 2.45) is 5.92 Å². The first-order valence-corrected chi connectivity index (χ1v) is 9.05. The number of anilines is 1. The van der Waals surface area contributed by atoms with E-state index in [4.69, 9.17) is 0 Å². The first kappa shape index (κ1) is 13.8. The molecule has 0 saturated carbocycles. The average Bonchev–Trinajstić information content (AvgIpc) is 3.04. The van der Waals surface area contributed by atoms with Crippen LogP contribution < -0.4 is 5.32 Å². The Morgan fingerprint density at radius 2 is 2.35 bits per heavy atom. The van der Waals surface area contributed by atoms with E-state index in [1.165, 1.54) is 11.3 Å². The molecule has 1 aliphatic heterocycles. The topological polar surface area (TPSA) is 66.7 Å². The summed E-state index contributed by atoms with van der Waals surface area (Å²) in [7, 11) is -3.50. The van der Waals surface area contributed by atoms with Gasteiger partial charge >= 0.3 is 0 Å². The molecule has 0 aromatic carbocycles. The van der Waals surface area contributed by atoms with Crippen LogP contribution in [0.1, 0.15) is 20.3 Å². The highest BCUT2D eigenvalue weighted by Crippen LogP contribution is 2.30. The monoisotopic (exact) mass is 314 g/mol. The molecule has 6 nitrogen and oxygen atoms in total. The van der Waals surface area contributed by atoms with Crippen LogP contribution in [0.4, 0.5) is 5.82 Å². The van der Waals surface area contributed by atoms with Crippen LogP contribution in [0.3, 0.4) is 0 Å². The SMILES string of the molecule is CCNc1nc2sccn2c1S(=O)(=O)N1CCC(C)C1. The Labute approximate surface area is 122 Å². The molecule has 3 rings (SSSR count). The molecule has 1 aliphatic rings. The van der Waals surface area contributed by atoms with Crippen LogP contribution >= 0.6 is 11.3 Å². The molecule has 2 aromatic rings. The van der Waals surface area contributed by atoms with Crippen LogP contribution in [0.5, 0.6) is 0 Å². The molecule has 0 radical (unpaired) electrons. The fourth-order valence-corrected chi connectivity index (χ4v) is 5.10. The van der Waals surface area contributed by atoms with Crippen LogP contribution in [-0.2, 0) is 10.0 Å². The summed E-state index contributed by atoms with van der Waals surface area (Å²) in [6.07, 6.45) is 2.68. The molecular formula is C12H18N4O2S2. The minimum atomic E-state index is -3.50. The van der Waals surface area contributed by atoms with Crippen LogP contribution in [-0.4, -0.2) is 41.7 Å². The maximum Gasteiger partial charge on any atom is 0.262 e. The highest BCUT2D eigenvalue weighted by Gasteiger charge is 2.35. The Balaban J connectivity index is 2.11. The van der Waals surface area contributed by atoms with Crippen molar-refractivity contribution in [3.8, 4) is 0 Å². The summed E-state index contributed by atoms with van der Waals surface area (Å²) in [4.78, 5) is 5.08. The second kappa shape index (κ2) is 5.01. The Bertz CT molecular complexity index is 719. The molecule has 1 fully saturated rings. The lowest BCUT2D eigenvalue weighted by atomic mass is 10.2. The minimum Gasteiger partial charge on any atom is -0.368 e. The van der Waals surface area contributed by atoms with Crippen molar-refractivity contribution in [1.82, 2.24) is 13.7 Å². The zero-order chi connectivity index (χ0) is 14.3. The number of nitrogens with one attached hydrogen (secondary N) is 1. The summed E-state index contributed by atoms with van der Waals surface area (Å²) in [5.41, 5.74) is 0. The van der Waals surface area contributed by atoms with E-state index in [0.29, 0.717) is 36.3 Å². The lowest BCUT2D eigenvalue weighted by Crippen LogP contribution is -2.30. The first-order valence-electron chi connectivity index (χ1n) is 6.73. The number of nitrogens with zero attached hydrogens (tertiary/aromatic N) is 3. The number of rotatable bonds is 4. The van der Waals surface area contributed by atoms with Crippen LogP contribution in [0, 0.1) is 5.92 Å². The van der Waals surface area contributed by atoms with Gasteiger partial charge in [-0.25, -0.2) is 13.4 Å². The molecule has 20 heavy (non-hydrogen) atoms. The van der Waals surface area contributed by atoms with Crippen molar-refractivity contribution in [1.29, 1.82) is 0 Å². The van der Waals surface area contributed by atoms with Crippen LogP contribution in [0.15, 0.2) is 16.6 Å². The summed E-state index contributed by atoms with van der Waals surface area (Å²) >= 11 is 1.44. The zero-order valence-corrected chi connectivity index (χ0v) is 13.2.